The van der Waals surface area contributed by atoms with Gasteiger partial charge in [0.05, 0.1) is 0 Å². The topological polar surface area (TPSA) is 68.7 Å². The Morgan fingerprint density at radius 3 is 2.65 bits per heavy atom. The smallest absolute Gasteiger partial charge is 0.354 e. The van der Waals surface area contributed by atoms with Gasteiger partial charge in [0.1, 0.15) is 18.9 Å². The largest absolute Gasteiger partial charge is 0.486 e. The van der Waals surface area contributed by atoms with E-state index in [4.69, 9.17) is 14.6 Å². The summed E-state index contributed by atoms with van der Waals surface area (Å²) in [6, 6.07) is 8.98. The summed E-state index contributed by atoms with van der Waals surface area (Å²) < 4.78 is 11.0. The number of hydrogen-bond donors (Lipinski definition) is 1. The molecule has 102 valence electrons. The summed E-state index contributed by atoms with van der Waals surface area (Å²) in [6.45, 7) is 1.10. The zero-order valence-electron chi connectivity index (χ0n) is 10.4. The maximum atomic E-state index is 10.9. The summed E-state index contributed by atoms with van der Waals surface area (Å²) >= 11 is 1.45. The maximum Gasteiger partial charge on any atom is 0.354 e. The fourth-order valence-electron chi connectivity index (χ4n) is 1.81. The van der Waals surface area contributed by atoms with Gasteiger partial charge in [-0.25, -0.2) is 9.78 Å². The van der Waals surface area contributed by atoms with Crippen LogP contribution < -0.4 is 9.47 Å². The zero-order valence-corrected chi connectivity index (χ0v) is 11.2. The van der Waals surface area contributed by atoms with Crippen molar-refractivity contribution in [2.45, 2.75) is 9.79 Å². The van der Waals surface area contributed by atoms with E-state index in [1.165, 1.54) is 18.0 Å². The van der Waals surface area contributed by atoms with Crippen molar-refractivity contribution >= 4 is 17.7 Å². The number of nitrogens with zero attached hydrogens (tertiary/aromatic N) is 1. The Morgan fingerprint density at radius 2 is 1.85 bits per heavy atom. The first-order valence-electron chi connectivity index (χ1n) is 5.99. The van der Waals surface area contributed by atoms with Crippen molar-refractivity contribution in [1.29, 1.82) is 0 Å². The molecule has 0 saturated carbocycles. The normalized spacial score (nSPS) is 13.0. The lowest BCUT2D eigenvalue weighted by molar-refractivity contribution is 0.0690. The van der Waals surface area contributed by atoms with Gasteiger partial charge >= 0.3 is 5.97 Å². The monoisotopic (exact) mass is 289 g/mol. The predicted molar refractivity (Wildman–Crippen MR) is 72.8 cm³/mol. The highest BCUT2D eigenvalue weighted by Crippen LogP contribution is 2.36. The SMILES string of the molecule is O=C(O)c1cc(Sc2ccc3c(c2)OCCO3)ccn1. The Bertz CT molecular complexity index is 659. The van der Waals surface area contributed by atoms with Gasteiger partial charge in [-0.15, -0.1) is 0 Å². The summed E-state index contributed by atoms with van der Waals surface area (Å²) in [5.74, 6) is 0.421. The molecule has 0 fully saturated rings. The summed E-state index contributed by atoms with van der Waals surface area (Å²) in [4.78, 5) is 16.5. The fraction of sp³-hybridized carbons (Fsp3) is 0.143. The van der Waals surface area contributed by atoms with E-state index in [1.807, 2.05) is 18.2 Å². The second-order valence-electron chi connectivity index (χ2n) is 4.09. The number of fused-ring (bicyclic) bond motifs is 1. The van der Waals surface area contributed by atoms with Crippen LogP contribution in [0.25, 0.3) is 0 Å². The second-order valence-corrected chi connectivity index (χ2v) is 5.24. The summed E-state index contributed by atoms with van der Waals surface area (Å²) in [5.41, 5.74) is 0.0348. The summed E-state index contributed by atoms with van der Waals surface area (Å²) in [6.07, 6.45) is 1.49. The lowest BCUT2D eigenvalue weighted by Gasteiger charge is -2.18. The lowest BCUT2D eigenvalue weighted by Crippen LogP contribution is -2.15. The molecule has 5 nitrogen and oxygen atoms in total. The van der Waals surface area contributed by atoms with Crippen LogP contribution in [0.1, 0.15) is 10.5 Å². The highest BCUT2D eigenvalue weighted by atomic mass is 32.2. The zero-order chi connectivity index (χ0) is 13.9. The fourth-order valence-corrected chi connectivity index (χ4v) is 2.69. The van der Waals surface area contributed by atoms with Crippen LogP contribution >= 0.6 is 11.8 Å². The molecular formula is C14H11NO4S. The number of ether oxygens (including phenoxy) is 2. The number of rotatable bonds is 3. The highest BCUT2D eigenvalue weighted by molar-refractivity contribution is 7.99. The highest BCUT2D eigenvalue weighted by Gasteiger charge is 2.12. The van der Waals surface area contributed by atoms with Crippen LogP contribution in [-0.2, 0) is 0 Å². The van der Waals surface area contributed by atoms with Crippen molar-refractivity contribution < 1.29 is 19.4 Å². The lowest BCUT2D eigenvalue weighted by atomic mass is 10.3. The van der Waals surface area contributed by atoms with Crippen LogP contribution in [0.5, 0.6) is 11.5 Å². The molecule has 1 aliphatic heterocycles. The molecule has 20 heavy (non-hydrogen) atoms. The van der Waals surface area contributed by atoms with Crippen molar-refractivity contribution in [2.75, 3.05) is 13.2 Å². The molecule has 0 atom stereocenters. The Labute approximate surface area is 119 Å². The number of benzene rings is 1. The Kier molecular flexibility index (Phi) is 3.47. The molecule has 2 aromatic rings. The van der Waals surface area contributed by atoms with Gasteiger partial charge in [0.15, 0.2) is 11.5 Å². The molecular weight excluding hydrogens is 278 g/mol. The number of carboxylic acid groups (broad SMARTS) is 1. The van der Waals surface area contributed by atoms with Gasteiger partial charge in [0, 0.05) is 16.0 Å². The number of hydrogen-bond acceptors (Lipinski definition) is 5. The third-order valence-corrected chi connectivity index (χ3v) is 3.68. The van der Waals surface area contributed by atoms with Crippen LogP contribution in [0.2, 0.25) is 0 Å². The average Bonchev–Trinajstić information content (AvgIpc) is 2.47. The number of aromatic nitrogens is 1. The Balaban J connectivity index is 1.84. The Hall–Kier alpha value is -2.21. The second kappa shape index (κ2) is 5.42. The molecule has 1 N–H and O–H groups in total. The van der Waals surface area contributed by atoms with E-state index in [2.05, 4.69) is 4.98 Å². The van der Waals surface area contributed by atoms with Crippen molar-refractivity contribution in [2.24, 2.45) is 0 Å². The van der Waals surface area contributed by atoms with Gasteiger partial charge < -0.3 is 14.6 Å². The minimum Gasteiger partial charge on any atom is -0.486 e. The quantitative estimate of drug-likeness (QED) is 0.937. The van der Waals surface area contributed by atoms with E-state index in [9.17, 15) is 4.79 Å². The first kappa shape index (κ1) is 12.8. The van der Waals surface area contributed by atoms with E-state index in [1.54, 1.807) is 12.1 Å². The minimum absolute atomic E-state index is 0.0348. The molecule has 6 heteroatoms. The first-order valence-corrected chi connectivity index (χ1v) is 6.81. The summed E-state index contributed by atoms with van der Waals surface area (Å²) in [7, 11) is 0. The number of carbonyl (C=O) groups is 1. The Morgan fingerprint density at radius 1 is 1.10 bits per heavy atom. The average molecular weight is 289 g/mol. The molecule has 0 aliphatic carbocycles. The van der Waals surface area contributed by atoms with Gasteiger partial charge in [-0.05, 0) is 30.3 Å². The van der Waals surface area contributed by atoms with E-state index in [0.717, 1.165) is 15.5 Å². The van der Waals surface area contributed by atoms with Gasteiger partial charge in [-0.3, -0.25) is 0 Å². The van der Waals surface area contributed by atoms with Gasteiger partial charge in [-0.1, -0.05) is 11.8 Å². The standard InChI is InChI=1S/C14H11NO4S/c16-14(17)11-7-10(3-4-15-11)20-9-1-2-12-13(8-9)19-6-5-18-12/h1-4,7-8H,5-6H2,(H,16,17). The third-order valence-electron chi connectivity index (χ3n) is 2.70. The molecule has 0 unspecified atom stereocenters. The van der Waals surface area contributed by atoms with E-state index in [0.29, 0.717) is 19.0 Å². The molecule has 0 bridgehead atoms. The van der Waals surface area contributed by atoms with Crippen LogP contribution in [0.15, 0.2) is 46.3 Å². The van der Waals surface area contributed by atoms with E-state index >= 15 is 0 Å². The van der Waals surface area contributed by atoms with Crippen LogP contribution in [0.4, 0.5) is 0 Å². The minimum atomic E-state index is -1.03. The molecule has 0 radical (unpaired) electrons. The molecule has 1 aromatic heterocycles. The number of aromatic carboxylic acids is 1. The molecule has 0 saturated heterocycles. The molecule has 3 rings (SSSR count). The van der Waals surface area contributed by atoms with E-state index in [-0.39, 0.29) is 5.69 Å². The molecule has 0 amide bonds. The maximum absolute atomic E-state index is 10.9. The first-order chi connectivity index (χ1) is 9.72. The van der Waals surface area contributed by atoms with Crippen LogP contribution in [0.3, 0.4) is 0 Å². The van der Waals surface area contributed by atoms with Crippen molar-refractivity contribution in [3.8, 4) is 11.5 Å². The van der Waals surface area contributed by atoms with Crippen molar-refractivity contribution in [3.63, 3.8) is 0 Å². The molecule has 1 aromatic carbocycles. The number of carboxylic acids is 1. The molecule has 1 aliphatic rings. The van der Waals surface area contributed by atoms with Gasteiger partial charge in [0.25, 0.3) is 0 Å². The summed E-state index contributed by atoms with van der Waals surface area (Å²) in [5, 5.41) is 8.93. The van der Waals surface area contributed by atoms with Crippen molar-refractivity contribution in [1.82, 2.24) is 4.98 Å². The van der Waals surface area contributed by atoms with Crippen LogP contribution in [-0.4, -0.2) is 29.3 Å². The predicted octanol–water partition coefficient (Wildman–Crippen LogP) is 2.70. The number of pyridine rings is 1. The van der Waals surface area contributed by atoms with E-state index < -0.39 is 5.97 Å². The molecule has 2 heterocycles. The van der Waals surface area contributed by atoms with Crippen LogP contribution in [0, 0.1) is 0 Å². The third kappa shape index (κ3) is 2.70. The van der Waals surface area contributed by atoms with Gasteiger partial charge in [-0.2, -0.15) is 0 Å². The van der Waals surface area contributed by atoms with Crippen molar-refractivity contribution in [3.05, 3.63) is 42.2 Å². The molecule has 0 spiro atoms. The van der Waals surface area contributed by atoms with Gasteiger partial charge in [0.2, 0.25) is 0 Å².